The molecule has 3 atom stereocenters. The van der Waals surface area contributed by atoms with E-state index in [1.807, 2.05) is 0 Å². The Morgan fingerprint density at radius 2 is 2.06 bits per heavy atom. The Kier molecular flexibility index (Phi) is 3.82. The van der Waals surface area contributed by atoms with E-state index in [0.29, 0.717) is 5.41 Å². The molecule has 2 aliphatic rings. The number of nitrogens with zero attached hydrogens (tertiary/aromatic N) is 1. The van der Waals surface area contributed by atoms with Crippen LogP contribution in [0.15, 0.2) is 0 Å². The van der Waals surface area contributed by atoms with Gasteiger partial charge >= 0.3 is 0 Å². The second-order valence-corrected chi connectivity index (χ2v) is 7.88. The minimum absolute atomic E-state index is 0.207. The van der Waals surface area contributed by atoms with Gasteiger partial charge in [-0.1, -0.05) is 20.8 Å². The van der Waals surface area contributed by atoms with Gasteiger partial charge in [0.2, 0.25) is 0 Å². The zero-order valence-electron chi connectivity index (χ0n) is 11.8. The maximum Gasteiger partial charge on any atom is 0.0470 e. The topological polar surface area (TPSA) is 29.3 Å². The fourth-order valence-electron chi connectivity index (χ4n) is 3.29. The third-order valence-electron chi connectivity index (χ3n) is 5.32. The van der Waals surface area contributed by atoms with Gasteiger partial charge in [-0.3, -0.25) is 4.90 Å². The Labute approximate surface area is 111 Å². The summed E-state index contributed by atoms with van der Waals surface area (Å²) in [5.74, 6) is 4.36. The van der Waals surface area contributed by atoms with E-state index >= 15 is 0 Å². The van der Waals surface area contributed by atoms with Crippen molar-refractivity contribution in [3.8, 4) is 0 Å². The summed E-state index contributed by atoms with van der Waals surface area (Å²) in [6, 6.07) is 0. The molecule has 2 nitrogen and oxygen atoms in total. The second-order valence-electron chi connectivity index (χ2n) is 6.78. The molecule has 1 saturated heterocycles. The number of thioether (sulfide) groups is 1. The minimum atomic E-state index is 0.207. The van der Waals surface area contributed by atoms with Crippen molar-refractivity contribution in [1.29, 1.82) is 0 Å². The minimum Gasteiger partial charge on any atom is -0.329 e. The van der Waals surface area contributed by atoms with Crippen LogP contribution in [0.3, 0.4) is 0 Å². The lowest BCUT2D eigenvalue weighted by molar-refractivity contribution is 0.0166. The molecule has 3 unspecified atom stereocenters. The molecule has 1 heterocycles. The van der Waals surface area contributed by atoms with Crippen molar-refractivity contribution in [2.24, 2.45) is 23.0 Å². The van der Waals surface area contributed by atoms with Gasteiger partial charge in [-0.05, 0) is 42.9 Å². The first-order valence-electron chi connectivity index (χ1n) is 6.92. The average Bonchev–Trinajstić information content (AvgIpc) is 2.94. The van der Waals surface area contributed by atoms with Crippen molar-refractivity contribution in [3.63, 3.8) is 0 Å². The molecule has 17 heavy (non-hydrogen) atoms. The van der Waals surface area contributed by atoms with E-state index in [1.54, 1.807) is 0 Å². The lowest BCUT2D eigenvalue weighted by Crippen LogP contribution is -2.65. The molecule has 0 bridgehead atoms. The van der Waals surface area contributed by atoms with Crippen molar-refractivity contribution < 1.29 is 0 Å². The van der Waals surface area contributed by atoms with Crippen LogP contribution in [-0.4, -0.2) is 42.1 Å². The first-order valence-corrected chi connectivity index (χ1v) is 8.07. The summed E-state index contributed by atoms with van der Waals surface area (Å²) >= 11 is 2.08. The van der Waals surface area contributed by atoms with Gasteiger partial charge in [-0.2, -0.15) is 11.8 Å². The number of hydrogen-bond acceptors (Lipinski definition) is 3. The monoisotopic (exact) mass is 256 g/mol. The fraction of sp³-hybridized carbons (Fsp3) is 1.00. The second kappa shape index (κ2) is 4.75. The quantitative estimate of drug-likeness (QED) is 0.838. The highest BCUT2D eigenvalue weighted by atomic mass is 32.2. The molecule has 2 N–H and O–H groups in total. The Bertz CT molecular complexity index is 279. The summed E-state index contributed by atoms with van der Waals surface area (Å²) in [6.07, 6.45) is 2.71. The van der Waals surface area contributed by atoms with Crippen LogP contribution in [0.2, 0.25) is 0 Å². The Hall–Kier alpha value is 0.270. The van der Waals surface area contributed by atoms with Crippen molar-refractivity contribution in [2.45, 2.75) is 39.2 Å². The summed E-state index contributed by atoms with van der Waals surface area (Å²) in [4.78, 5) is 2.59. The molecule has 0 amide bonds. The van der Waals surface area contributed by atoms with Gasteiger partial charge in [0.1, 0.15) is 0 Å². The highest BCUT2D eigenvalue weighted by Crippen LogP contribution is 2.47. The third kappa shape index (κ3) is 2.39. The van der Waals surface area contributed by atoms with Crippen LogP contribution in [0.25, 0.3) is 0 Å². The van der Waals surface area contributed by atoms with E-state index in [0.717, 1.165) is 18.4 Å². The van der Waals surface area contributed by atoms with Gasteiger partial charge in [0.15, 0.2) is 0 Å². The van der Waals surface area contributed by atoms with Crippen LogP contribution in [0.1, 0.15) is 33.6 Å². The fourth-order valence-corrected chi connectivity index (χ4v) is 5.16. The van der Waals surface area contributed by atoms with Crippen LogP contribution in [0.4, 0.5) is 0 Å². The number of hydrogen-bond donors (Lipinski definition) is 1. The molecular weight excluding hydrogens is 228 g/mol. The average molecular weight is 256 g/mol. The van der Waals surface area contributed by atoms with Gasteiger partial charge in [-0.15, -0.1) is 0 Å². The van der Waals surface area contributed by atoms with E-state index in [-0.39, 0.29) is 5.54 Å². The Morgan fingerprint density at radius 3 is 2.53 bits per heavy atom. The summed E-state index contributed by atoms with van der Waals surface area (Å²) in [6.45, 7) is 9.22. The molecule has 0 radical (unpaired) electrons. The highest BCUT2D eigenvalue weighted by Gasteiger charge is 2.50. The van der Waals surface area contributed by atoms with E-state index in [1.165, 1.54) is 30.9 Å². The van der Waals surface area contributed by atoms with Gasteiger partial charge in [0, 0.05) is 24.4 Å². The molecule has 0 spiro atoms. The zero-order chi connectivity index (χ0) is 12.7. The maximum absolute atomic E-state index is 6.19. The van der Waals surface area contributed by atoms with Crippen LogP contribution in [0.5, 0.6) is 0 Å². The largest absolute Gasteiger partial charge is 0.329 e. The van der Waals surface area contributed by atoms with E-state index in [2.05, 4.69) is 44.5 Å². The molecular formula is C14H28N2S. The molecule has 1 saturated carbocycles. The predicted molar refractivity (Wildman–Crippen MR) is 77.4 cm³/mol. The first-order chi connectivity index (χ1) is 7.93. The lowest BCUT2D eigenvalue weighted by atomic mass is 9.69. The molecule has 1 aliphatic carbocycles. The van der Waals surface area contributed by atoms with Gasteiger partial charge in [-0.25, -0.2) is 0 Å². The van der Waals surface area contributed by atoms with Crippen LogP contribution in [-0.2, 0) is 0 Å². The normalized spacial score (nSPS) is 40.6. The summed E-state index contributed by atoms with van der Waals surface area (Å²) in [7, 11) is 2.30. The van der Waals surface area contributed by atoms with Crippen LogP contribution in [0, 0.1) is 17.3 Å². The molecule has 3 heteroatoms. The van der Waals surface area contributed by atoms with Gasteiger partial charge in [0.05, 0.1) is 0 Å². The van der Waals surface area contributed by atoms with E-state index < -0.39 is 0 Å². The lowest BCUT2D eigenvalue weighted by Gasteiger charge is -2.54. The van der Waals surface area contributed by atoms with Gasteiger partial charge in [0.25, 0.3) is 0 Å². The van der Waals surface area contributed by atoms with Crippen molar-refractivity contribution in [3.05, 3.63) is 0 Å². The molecule has 2 fully saturated rings. The number of rotatable bonds is 4. The van der Waals surface area contributed by atoms with E-state index in [4.69, 9.17) is 5.73 Å². The van der Waals surface area contributed by atoms with Crippen LogP contribution >= 0.6 is 11.8 Å². The molecule has 1 aliphatic heterocycles. The molecule has 2 rings (SSSR count). The van der Waals surface area contributed by atoms with Gasteiger partial charge < -0.3 is 5.73 Å². The van der Waals surface area contributed by atoms with Crippen molar-refractivity contribution in [1.82, 2.24) is 4.90 Å². The molecule has 0 aromatic heterocycles. The predicted octanol–water partition coefficient (Wildman–Crippen LogP) is 2.43. The molecule has 100 valence electrons. The maximum atomic E-state index is 6.19. The van der Waals surface area contributed by atoms with Crippen molar-refractivity contribution >= 4 is 11.8 Å². The molecule has 0 aromatic carbocycles. The highest BCUT2D eigenvalue weighted by molar-refractivity contribution is 7.99. The summed E-state index contributed by atoms with van der Waals surface area (Å²) in [5, 5.41) is 0. The number of nitrogens with two attached hydrogens (primary N) is 1. The number of likely N-dealkylation sites (N-methyl/N-ethyl adjacent to an activating group) is 1. The van der Waals surface area contributed by atoms with E-state index in [9.17, 15) is 0 Å². The third-order valence-corrected chi connectivity index (χ3v) is 6.50. The summed E-state index contributed by atoms with van der Waals surface area (Å²) < 4.78 is 0. The Balaban J connectivity index is 2.10. The zero-order valence-corrected chi connectivity index (χ0v) is 12.6. The van der Waals surface area contributed by atoms with Crippen molar-refractivity contribution in [2.75, 3.05) is 31.6 Å². The SMILES string of the molecule is CC1CC1CN(C)C1(CN)CSCCC1(C)C. The Morgan fingerprint density at radius 1 is 1.41 bits per heavy atom. The smallest absolute Gasteiger partial charge is 0.0470 e. The summed E-state index contributed by atoms with van der Waals surface area (Å²) in [5.41, 5.74) is 6.74. The standard InChI is InChI=1S/C14H28N2S/c1-11-7-12(11)8-16(4)14(9-15)10-17-6-5-13(14,2)3/h11-12H,5-10,15H2,1-4H3. The van der Waals surface area contributed by atoms with Crippen LogP contribution < -0.4 is 5.73 Å². The first kappa shape index (κ1) is 13.7. The molecule has 0 aromatic rings.